The number of aromatic carboxylic acids is 1. The van der Waals surface area contributed by atoms with E-state index >= 15 is 0 Å². The van der Waals surface area contributed by atoms with E-state index in [1.54, 1.807) is 0 Å². The number of carbonyl (C=O) groups is 1. The van der Waals surface area contributed by atoms with Gasteiger partial charge >= 0.3 is 5.97 Å². The first-order chi connectivity index (χ1) is 6.24. The Kier molecular flexibility index (Phi) is 2.07. The predicted molar refractivity (Wildman–Crippen MR) is 49.5 cm³/mol. The van der Waals surface area contributed by atoms with Gasteiger partial charge in [-0.2, -0.15) is 0 Å². The minimum absolute atomic E-state index is 0.150. The number of fused-ring (bicyclic) bond motifs is 1. The van der Waals surface area contributed by atoms with Gasteiger partial charge in [0.1, 0.15) is 0 Å². The van der Waals surface area contributed by atoms with Crippen LogP contribution in [-0.4, -0.2) is 17.3 Å². The Morgan fingerprint density at radius 2 is 2.15 bits per heavy atom. The molecule has 0 aromatic carbocycles. The lowest BCUT2D eigenvalue weighted by molar-refractivity contribution is 0.0655. The van der Waals surface area contributed by atoms with Crippen molar-refractivity contribution < 1.29 is 14.3 Å². The summed E-state index contributed by atoms with van der Waals surface area (Å²) < 4.78 is 5.26. The Labute approximate surface area is 80.1 Å². The molecule has 3 nitrogen and oxygen atoms in total. The second-order valence-electron chi connectivity index (χ2n) is 3.04. The third kappa shape index (κ3) is 1.25. The van der Waals surface area contributed by atoms with Crippen LogP contribution in [0.15, 0.2) is 9.51 Å². The van der Waals surface area contributed by atoms with E-state index in [4.69, 9.17) is 9.52 Å². The zero-order valence-electron chi connectivity index (χ0n) is 7.29. The summed E-state index contributed by atoms with van der Waals surface area (Å²) in [6, 6.07) is 0. The average Bonchev–Trinajstić information content (AvgIpc) is 2.61. The van der Waals surface area contributed by atoms with Crippen molar-refractivity contribution in [1.29, 1.82) is 0 Å². The maximum Gasteiger partial charge on any atom is 0.372 e. The number of carboxylic acid groups (broad SMARTS) is 1. The van der Waals surface area contributed by atoms with Crippen molar-refractivity contribution in [1.82, 2.24) is 0 Å². The molecular weight excluding hydrogens is 188 g/mol. The summed E-state index contributed by atoms with van der Waals surface area (Å²) in [5, 5.41) is 9.64. The van der Waals surface area contributed by atoms with Gasteiger partial charge in [-0.1, -0.05) is 11.8 Å². The molecule has 0 bridgehead atoms. The van der Waals surface area contributed by atoms with Gasteiger partial charge in [0.25, 0.3) is 0 Å². The van der Waals surface area contributed by atoms with Gasteiger partial charge in [-0.15, -0.1) is 0 Å². The molecule has 0 radical (unpaired) electrons. The first-order valence-electron chi connectivity index (χ1n) is 4.16. The third-order valence-electron chi connectivity index (χ3n) is 2.31. The van der Waals surface area contributed by atoms with Gasteiger partial charge in [-0.05, 0) is 25.5 Å². The molecule has 1 aliphatic rings. The number of hydrogen-bond acceptors (Lipinski definition) is 3. The Hall–Kier alpha value is -0.900. The molecule has 0 aliphatic heterocycles. The normalized spacial score (nSPS) is 14.5. The quantitative estimate of drug-likeness (QED) is 0.740. The highest BCUT2D eigenvalue weighted by atomic mass is 32.2. The zero-order valence-corrected chi connectivity index (χ0v) is 8.11. The van der Waals surface area contributed by atoms with Crippen molar-refractivity contribution in [2.45, 2.75) is 24.4 Å². The molecule has 1 aromatic heterocycles. The summed E-state index contributed by atoms with van der Waals surface area (Å²) >= 11 is 1.48. The van der Waals surface area contributed by atoms with E-state index in [-0.39, 0.29) is 5.76 Å². The van der Waals surface area contributed by atoms with E-state index in [1.807, 2.05) is 6.26 Å². The molecule has 0 saturated heterocycles. The highest BCUT2D eigenvalue weighted by molar-refractivity contribution is 7.98. The second kappa shape index (κ2) is 3.10. The van der Waals surface area contributed by atoms with Crippen LogP contribution in [-0.2, 0) is 12.8 Å². The molecule has 13 heavy (non-hydrogen) atoms. The Balaban J connectivity index is 2.54. The molecule has 1 N–H and O–H groups in total. The highest BCUT2D eigenvalue weighted by Crippen LogP contribution is 2.35. The van der Waals surface area contributed by atoms with Gasteiger partial charge in [0.2, 0.25) is 5.76 Å². The summed E-state index contributed by atoms with van der Waals surface area (Å²) in [4.78, 5) is 10.8. The van der Waals surface area contributed by atoms with Crippen LogP contribution in [0.3, 0.4) is 0 Å². The second-order valence-corrected chi connectivity index (χ2v) is 3.82. The van der Waals surface area contributed by atoms with Crippen molar-refractivity contribution in [3.63, 3.8) is 0 Å². The predicted octanol–water partition coefficient (Wildman–Crippen LogP) is 2.19. The summed E-state index contributed by atoms with van der Waals surface area (Å²) in [6.45, 7) is 0. The minimum atomic E-state index is -0.946. The van der Waals surface area contributed by atoms with Crippen LogP contribution in [0, 0.1) is 0 Å². The largest absolute Gasteiger partial charge is 0.475 e. The Morgan fingerprint density at radius 1 is 1.46 bits per heavy atom. The van der Waals surface area contributed by atoms with E-state index in [0.717, 1.165) is 35.5 Å². The monoisotopic (exact) mass is 198 g/mol. The number of furan rings is 1. The summed E-state index contributed by atoms with van der Waals surface area (Å²) in [7, 11) is 0. The van der Waals surface area contributed by atoms with Crippen molar-refractivity contribution >= 4 is 17.7 Å². The summed E-state index contributed by atoms with van der Waals surface area (Å²) in [5.74, 6) is -0.796. The molecular formula is C9H10O3S. The van der Waals surface area contributed by atoms with Crippen LogP contribution in [0.5, 0.6) is 0 Å². The number of thioether (sulfide) groups is 1. The standard InChI is InChI=1S/C9H10O3S/c1-13-9-6-4-2-3-5(6)7(12-9)8(10)11/h2-4H2,1H3,(H,10,11). The molecule has 1 heterocycles. The highest BCUT2D eigenvalue weighted by Gasteiger charge is 2.27. The van der Waals surface area contributed by atoms with E-state index in [1.165, 1.54) is 11.8 Å². The van der Waals surface area contributed by atoms with Gasteiger partial charge in [0.05, 0.1) is 0 Å². The fraction of sp³-hybridized carbons (Fsp3) is 0.444. The molecule has 0 atom stereocenters. The molecule has 1 aromatic rings. The lowest BCUT2D eigenvalue weighted by Gasteiger charge is -1.92. The molecule has 4 heteroatoms. The molecule has 0 unspecified atom stereocenters. The average molecular weight is 198 g/mol. The maximum atomic E-state index is 10.8. The Bertz CT molecular complexity index is 354. The van der Waals surface area contributed by atoms with Gasteiger partial charge in [0, 0.05) is 11.1 Å². The van der Waals surface area contributed by atoms with Crippen LogP contribution in [0.25, 0.3) is 0 Å². The van der Waals surface area contributed by atoms with E-state index in [2.05, 4.69) is 0 Å². The van der Waals surface area contributed by atoms with Crippen molar-refractivity contribution in [3.05, 3.63) is 16.9 Å². The SMILES string of the molecule is CSc1oc(C(=O)O)c2c1CCC2. The smallest absolute Gasteiger partial charge is 0.372 e. The minimum Gasteiger partial charge on any atom is -0.475 e. The topological polar surface area (TPSA) is 50.4 Å². The van der Waals surface area contributed by atoms with Crippen LogP contribution in [0.4, 0.5) is 0 Å². The third-order valence-corrected chi connectivity index (χ3v) is 3.01. The first kappa shape index (κ1) is 8.69. The summed E-state index contributed by atoms with van der Waals surface area (Å²) in [6.07, 6.45) is 4.77. The molecule has 0 saturated carbocycles. The number of carboxylic acids is 1. The summed E-state index contributed by atoms with van der Waals surface area (Å²) in [5.41, 5.74) is 2.03. The van der Waals surface area contributed by atoms with E-state index < -0.39 is 5.97 Å². The zero-order chi connectivity index (χ0) is 9.42. The van der Waals surface area contributed by atoms with Crippen LogP contribution < -0.4 is 0 Å². The molecule has 2 rings (SSSR count). The van der Waals surface area contributed by atoms with Gasteiger partial charge < -0.3 is 9.52 Å². The van der Waals surface area contributed by atoms with Crippen LogP contribution in [0.2, 0.25) is 0 Å². The van der Waals surface area contributed by atoms with Gasteiger partial charge in [-0.3, -0.25) is 0 Å². The molecule has 0 fully saturated rings. The van der Waals surface area contributed by atoms with Crippen LogP contribution in [0.1, 0.15) is 28.1 Å². The molecule has 0 amide bonds. The lowest BCUT2D eigenvalue weighted by atomic mass is 10.2. The Morgan fingerprint density at radius 3 is 2.77 bits per heavy atom. The molecule has 1 aliphatic carbocycles. The maximum absolute atomic E-state index is 10.8. The van der Waals surface area contributed by atoms with Crippen molar-refractivity contribution in [2.75, 3.05) is 6.26 Å². The first-order valence-corrected chi connectivity index (χ1v) is 5.38. The fourth-order valence-corrected chi connectivity index (χ4v) is 2.41. The van der Waals surface area contributed by atoms with Gasteiger partial charge in [0.15, 0.2) is 5.09 Å². The van der Waals surface area contributed by atoms with Crippen LogP contribution >= 0.6 is 11.8 Å². The fourth-order valence-electron chi connectivity index (χ4n) is 1.77. The van der Waals surface area contributed by atoms with E-state index in [9.17, 15) is 4.79 Å². The van der Waals surface area contributed by atoms with Crippen molar-refractivity contribution in [3.8, 4) is 0 Å². The lowest BCUT2D eigenvalue weighted by Crippen LogP contribution is -1.97. The molecule has 70 valence electrons. The van der Waals surface area contributed by atoms with Gasteiger partial charge in [-0.25, -0.2) is 4.79 Å². The number of rotatable bonds is 2. The molecule has 0 spiro atoms. The number of hydrogen-bond donors (Lipinski definition) is 1. The van der Waals surface area contributed by atoms with Crippen molar-refractivity contribution in [2.24, 2.45) is 0 Å². The van der Waals surface area contributed by atoms with E-state index in [0.29, 0.717) is 0 Å².